The van der Waals surface area contributed by atoms with Crippen molar-refractivity contribution in [2.45, 2.75) is 343 Å². The number of phosphoric acid groups is 2. The van der Waals surface area contributed by atoms with Gasteiger partial charge in [0.1, 0.15) is 19.3 Å². The quantitative estimate of drug-likeness (QED) is 0.0222. The topological polar surface area (TPSA) is 237 Å². The van der Waals surface area contributed by atoms with E-state index in [9.17, 15) is 43.2 Å². The van der Waals surface area contributed by atoms with E-state index in [1.165, 1.54) is 128 Å². The van der Waals surface area contributed by atoms with Crippen LogP contribution in [0.3, 0.4) is 0 Å². The number of hydrogen-bond donors (Lipinski definition) is 3. The number of aliphatic hydroxyl groups excluding tert-OH is 1. The molecule has 0 aromatic rings. The van der Waals surface area contributed by atoms with Crippen LogP contribution in [0.25, 0.3) is 0 Å². The normalized spacial score (nSPS) is 14.7. The van der Waals surface area contributed by atoms with Crippen molar-refractivity contribution in [2.75, 3.05) is 39.6 Å². The van der Waals surface area contributed by atoms with Gasteiger partial charge in [-0.25, -0.2) is 9.13 Å². The molecule has 0 amide bonds. The van der Waals surface area contributed by atoms with E-state index in [2.05, 4.69) is 55.4 Å². The highest BCUT2D eigenvalue weighted by atomic mass is 31.2. The van der Waals surface area contributed by atoms with Crippen LogP contribution in [-0.4, -0.2) is 96.7 Å². The molecule has 0 fully saturated rings. The molecule has 0 aliphatic heterocycles. The summed E-state index contributed by atoms with van der Waals surface area (Å²) in [5.41, 5.74) is 0. The van der Waals surface area contributed by atoms with Gasteiger partial charge in [0.2, 0.25) is 0 Å². The zero-order chi connectivity index (χ0) is 63.9. The molecule has 6 atom stereocenters. The van der Waals surface area contributed by atoms with Crippen molar-refractivity contribution in [3.8, 4) is 0 Å². The first-order chi connectivity index (χ1) is 41.1. The lowest BCUT2D eigenvalue weighted by molar-refractivity contribution is -0.161. The summed E-state index contributed by atoms with van der Waals surface area (Å²) < 4.78 is 68.1. The fourth-order valence-corrected chi connectivity index (χ4v) is 11.5. The predicted octanol–water partition coefficient (Wildman–Crippen LogP) is 18.5. The van der Waals surface area contributed by atoms with Crippen LogP contribution in [0, 0.1) is 23.7 Å². The van der Waals surface area contributed by atoms with Crippen LogP contribution in [-0.2, 0) is 65.4 Å². The Labute approximate surface area is 524 Å². The Morgan fingerprint density at radius 2 is 0.558 bits per heavy atom. The molecule has 0 radical (unpaired) electrons. The molecule has 86 heavy (non-hydrogen) atoms. The first-order valence-corrected chi connectivity index (χ1v) is 37.7. The number of phosphoric ester groups is 2. The molecule has 0 aromatic carbocycles. The van der Waals surface area contributed by atoms with Crippen LogP contribution < -0.4 is 0 Å². The number of hydrogen-bond acceptors (Lipinski definition) is 15. The molecule has 3 N–H and O–H groups in total. The second kappa shape index (κ2) is 57.0. The summed E-state index contributed by atoms with van der Waals surface area (Å²) in [6, 6.07) is 0. The van der Waals surface area contributed by atoms with Crippen LogP contribution in [0.2, 0.25) is 0 Å². The number of rotatable bonds is 64. The Morgan fingerprint density at radius 1 is 0.326 bits per heavy atom. The van der Waals surface area contributed by atoms with E-state index < -0.39 is 97.5 Å². The fraction of sp³-hybridized carbons (Fsp3) is 0.940. The highest BCUT2D eigenvalue weighted by molar-refractivity contribution is 7.47. The summed E-state index contributed by atoms with van der Waals surface area (Å²) >= 11 is 0. The third-order valence-electron chi connectivity index (χ3n) is 15.7. The van der Waals surface area contributed by atoms with Crippen molar-refractivity contribution in [3.63, 3.8) is 0 Å². The van der Waals surface area contributed by atoms with Gasteiger partial charge in [-0.2, -0.15) is 0 Å². The van der Waals surface area contributed by atoms with Gasteiger partial charge in [0.05, 0.1) is 26.4 Å². The monoisotopic (exact) mass is 1270 g/mol. The minimum Gasteiger partial charge on any atom is -0.462 e. The van der Waals surface area contributed by atoms with Gasteiger partial charge < -0.3 is 33.8 Å². The second-order valence-corrected chi connectivity index (χ2v) is 28.8. The van der Waals surface area contributed by atoms with Crippen LogP contribution in [0.5, 0.6) is 0 Å². The number of esters is 4. The van der Waals surface area contributed by atoms with E-state index in [-0.39, 0.29) is 25.7 Å². The maximum absolute atomic E-state index is 13.0. The zero-order valence-corrected chi connectivity index (χ0v) is 57.7. The van der Waals surface area contributed by atoms with Gasteiger partial charge in [0.25, 0.3) is 0 Å². The van der Waals surface area contributed by atoms with Gasteiger partial charge in [-0.05, 0) is 49.4 Å². The molecule has 0 spiro atoms. The van der Waals surface area contributed by atoms with Gasteiger partial charge in [0.15, 0.2) is 12.2 Å². The van der Waals surface area contributed by atoms with E-state index in [1.54, 1.807) is 0 Å². The summed E-state index contributed by atoms with van der Waals surface area (Å²) in [5, 5.41) is 10.6. The lowest BCUT2D eigenvalue weighted by Crippen LogP contribution is -2.30. The molecular weight excluding hydrogens is 1140 g/mol. The molecule has 0 heterocycles. The van der Waals surface area contributed by atoms with E-state index in [0.29, 0.717) is 31.6 Å². The minimum absolute atomic E-state index is 0.103. The third kappa shape index (κ3) is 59.7. The summed E-state index contributed by atoms with van der Waals surface area (Å²) in [6.07, 6.45) is 37.6. The van der Waals surface area contributed by atoms with Gasteiger partial charge in [0, 0.05) is 25.7 Å². The first kappa shape index (κ1) is 84.1. The lowest BCUT2D eigenvalue weighted by atomic mass is 9.99. The number of unbranched alkanes of at least 4 members (excludes halogenated alkanes) is 29. The average Bonchev–Trinajstić information content (AvgIpc) is 3.62. The smallest absolute Gasteiger partial charge is 0.462 e. The SMILES string of the molecule is CCC(C)CCCCCCCCCCC(=O)O[C@H](COC(=O)CCCCCCCCCCC(C)C)COP(=O)(O)OCC(O)COP(=O)(O)OC[C@@H](COC(=O)CCCCCCCCCCCCC(C)C)OC(=O)CCCCCCCCCC(C)C. The van der Waals surface area contributed by atoms with Crippen molar-refractivity contribution in [1.29, 1.82) is 0 Å². The van der Waals surface area contributed by atoms with E-state index in [1.807, 2.05) is 0 Å². The molecule has 17 nitrogen and oxygen atoms in total. The highest BCUT2D eigenvalue weighted by Crippen LogP contribution is 2.45. The predicted molar refractivity (Wildman–Crippen MR) is 344 cm³/mol. The molecule has 0 saturated heterocycles. The molecular formula is C67H130O17P2. The summed E-state index contributed by atoms with van der Waals surface area (Å²) in [4.78, 5) is 72.4. The largest absolute Gasteiger partial charge is 0.472 e. The van der Waals surface area contributed by atoms with Crippen LogP contribution in [0.4, 0.5) is 0 Å². The second-order valence-electron chi connectivity index (χ2n) is 25.9. The molecule has 0 aliphatic carbocycles. The molecule has 0 aromatic heterocycles. The standard InChI is InChI=1S/C67H130O17P2/c1-9-60(8)46-38-30-22-15-17-25-33-41-49-66(71)83-62(53-78-65(70)48-40-32-24-16-14-20-28-36-44-58(4)5)55-81-85(73,74)79-51-61(68)52-80-86(75,76)82-56-63(84-67(72)50-42-34-26-18-21-29-37-45-59(6)7)54-77-64(69)47-39-31-23-13-11-10-12-19-27-35-43-57(2)3/h57-63,68H,9-56H2,1-8H3,(H,73,74)(H,75,76)/t60?,61?,62-,63-/m1/s1. The number of ether oxygens (including phenoxy) is 4. The maximum atomic E-state index is 13.0. The number of carbonyl (C=O) groups excluding carboxylic acids is 4. The number of aliphatic hydroxyl groups is 1. The van der Waals surface area contributed by atoms with Crippen molar-refractivity contribution in [3.05, 3.63) is 0 Å². The molecule has 0 aliphatic rings. The van der Waals surface area contributed by atoms with Crippen molar-refractivity contribution < 1.29 is 80.2 Å². The molecule has 4 unspecified atom stereocenters. The first-order valence-electron chi connectivity index (χ1n) is 34.7. The summed E-state index contributed by atoms with van der Waals surface area (Å²) in [7, 11) is -9.90. The minimum atomic E-state index is -4.95. The molecule has 0 bridgehead atoms. The van der Waals surface area contributed by atoms with Crippen LogP contribution in [0.1, 0.15) is 325 Å². The Morgan fingerprint density at radius 3 is 0.826 bits per heavy atom. The number of carbonyl (C=O) groups is 4. The maximum Gasteiger partial charge on any atom is 0.472 e. The zero-order valence-electron chi connectivity index (χ0n) is 55.9. The molecule has 510 valence electrons. The van der Waals surface area contributed by atoms with Crippen molar-refractivity contribution >= 4 is 39.5 Å². The van der Waals surface area contributed by atoms with Gasteiger partial charge in [-0.1, -0.05) is 274 Å². The Kier molecular flexibility index (Phi) is 55.7. The summed E-state index contributed by atoms with van der Waals surface area (Å²) in [6.45, 7) is 14.0. The molecule has 0 rings (SSSR count). The Balaban J connectivity index is 5.25. The van der Waals surface area contributed by atoms with Crippen molar-refractivity contribution in [1.82, 2.24) is 0 Å². The van der Waals surface area contributed by atoms with Crippen LogP contribution in [0.15, 0.2) is 0 Å². The van der Waals surface area contributed by atoms with Gasteiger partial charge in [-0.15, -0.1) is 0 Å². The lowest BCUT2D eigenvalue weighted by Gasteiger charge is -2.21. The van der Waals surface area contributed by atoms with Gasteiger partial charge >= 0.3 is 39.5 Å². The van der Waals surface area contributed by atoms with Crippen LogP contribution >= 0.6 is 15.6 Å². The summed E-state index contributed by atoms with van der Waals surface area (Å²) in [5.74, 6) is 0.813. The van der Waals surface area contributed by atoms with Gasteiger partial charge in [-0.3, -0.25) is 37.3 Å². The van der Waals surface area contributed by atoms with E-state index in [4.69, 9.17) is 37.0 Å². The van der Waals surface area contributed by atoms with Crippen molar-refractivity contribution in [2.24, 2.45) is 23.7 Å². The third-order valence-corrected chi connectivity index (χ3v) is 17.6. The highest BCUT2D eigenvalue weighted by Gasteiger charge is 2.30. The Bertz CT molecular complexity index is 1720. The van der Waals surface area contributed by atoms with E-state index >= 15 is 0 Å². The van der Waals surface area contributed by atoms with E-state index in [0.717, 1.165) is 108 Å². The average molecular weight is 1270 g/mol. The molecule has 0 saturated carbocycles. The fourth-order valence-electron chi connectivity index (χ4n) is 9.93. The molecule has 19 heteroatoms. The Hall–Kier alpha value is -1.94.